The molecular formula is C14H15NO3S. The first kappa shape index (κ1) is 13.7. The first-order valence-electron chi connectivity index (χ1n) is 5.93. The van der Waals surface area contributed by atoms with Gasteiger partial charge in [0.05, 0.1) is 11.5 Å². The molecule has 1 aromatic heterocycles. The summed E-state index contributed by atoms with van der Waals surface area (Å²) in [6, 6.07) is 10.3. The molecule has 2 aromatic rings. The second-order valence-corrected chi connectivity index (χ2v) is 5.82. The Morgan fingerprint density at radius 3 is 2.53 bits per heavy atom. The molecule has 5 heteroatoms. The normalized spacial score (nSPS) is 11.4. The van der Waals surface area contributed by atoms with Crippen molar-refractivity contribution >= 4 is 10.1 Å². The Morgan fingerprint density at radius 1 is 1.16 bits per heavy atom. The number of aryl methyl sites for hydroxylation is 1. The number of hydrogen-bond donors (Lipinski definition) is 0. The minimum atomic E-state index is -3.67. The number of rotatable bonds is 5. The molecule has 0 saturated carbocycles. The zero-order valence-electron chi connectivity index (χ0n) is 10.6. The Kier molecular flexibility index (Phi) is 4.29. The molecule has 2 rings (SSSR count). The Labute approximate surface area is 113 Å². The molecule has 0 aliphatic carbocycles. The largest absolute Gasteiger partial charge is 0.296 e. The van der Waals surface area contributed by atoms with Crippen molar-refractivity contribution in [1.82, 2.24) is 4.98 Å². The van der Waals surface area contributed by atoms with E-state index in [2.05, 4.69) is 4.98 Å². The molecule has 0 amide bonds. The summed E-state index contributed by atoms with van der Waals surface area (Å²) in [5, 5.41) is 0. The molecule has 1 heterocycles. The number of pyridine rings is 1. The van der Waals surface area contributed by atoms with E-state index in [1.165, 1.54) is 0 Å². The Bertz CT molecular complexity index is 622. The van der Waals surface area contributed by atoms with Crippen molar-refractivity contribution in [3.8, 4) is 0 Å². The van der Waals surface area contributed by atoms with Crippen LogP contribution in [0, 0.1) is 6.92 Å². The summed E-state index contributed by atoms with van der Waals surface area (Å²) in [7, 11) is -3.67. The number of aromatic nitrogens is 1. The van der Waals surface area contributed by atoms with Gasteiger partial charge in [0.15, 0.2) is 0 Å². The van der Waals surface area contributed by atoms with Gasteiger partial charge in [-0.05, 0) is 37.1 Å². The van der Waals surface area contributed by atoms with Crippen LogP contribution in [0.2, 0.25) is 0 Å². The lowest BCUT2D eigenvalue weighted by molar-refractivity contribution is 0.322. The van der Waals surface area contributed by atoms with Crippen LogP contribution >= 0.6 is 0 Å². The SMILES string of the molecule is Cc1ccc(S(=O)(=O)OCCc2cccnc2)cc1. The van der Waals surface area contributed by atoms with Gasteiger partial charge in [-0.3, -0.25) is 9.17 Å². The van der Waals surface area contributed by atoms with Gasteiger partial charge in [-0.2, -0.15) is 8.42 Å². The average Bonchev–Trinajstić information content (AvgIpc) is 2.40. The van der Waals surface area contributed by atoms with Crippen molar-refractivity contribution in [3.63, 3.8) is 0 Å². The van der Waals surface area contributed by atoms with Crippen molar-refractivity contribution in [1.29, 1.82) is 0 Å². The predicted octanol–water partition coefficient (Wildman–Crippen LogP) is 2.34. The first-order chi connectivity index (χ1) is 9.08. The molecule has 0 atom stereocenters. The van der Waals surface area contributed by atoms with Crippen LogP contribution in [-0.4, -0.2) is 20.0 Å². The molecule has 19 heavy (non-hydrogen) atoms. The van der Waals surface area contributed by atoms with Crippen molar-refractivity contribution in [2.45, 2.75) is 18.2 Å². The van der Waals surface area contributed by atoms with Gasteiger partial charge in [0.25, 0.3) is 10.1 Å². The van der Waals surface area contributed by atoms with E-state index in [0.717, 1.165) is 11.1 Å². The summed E-state index contributed by atoms with van der Waals surface area (Å²) in [5.74, 6) is 0. The molecular weight excluding hydrogens is 262 g/mol. The lowest BCUT2D eigenvalue weighted by Crippen LogP contribution is -2.09. The third kappa shape index (κ3) is 3.87. The van der Waals surface area contributed by atoms with Crippen LogP contribution in [0.3, 0.4) is 0 Å². The van der Waals surface area contributed by atoms with Crippen molar-refractivity contribution in [2.24, 2.45) is 0 Å². The van der Waals surface area contributed by atoms with Crippen molar-refractivity contribution in [3.05, 3.63) is 59.9 Å². The monoisotopic (exact) mass is 277 g/mol. The second kappa shape index (κ2) is 5.95. The van der Waals surface area contributed by atoms with E-state index < -0.39 is 10.1 Å². The summed E-state index contributed by atoms with van der Waals surface area (Å²) in [5.41, 5.74) is 1.95. The van der Waals surface area contributed by atoms with Crippen LogP contribution in [0.4, 0.5) is 0 Å². The summed E-state index contributed by atoms with van der Waals surface area (Å²) in [6.45, 7) is 2.02. The highest BCUT2D eigenvalue weighted by atomic mass is 32.2. The molecule has 0 spiro atoms. The smallest absolute Gasteiger partial charge is 0.266 e. The number of nitrogens with zero attached hydrogens (tertiary/aromatic N) is 1. The summed E-state index contributed by atoms with van der Waals surface area (Å²) < 4.78 is 28.8. The number of benzene rings is 1. The minimum absolute atomic E-state index is 0.113. The third-order valence-electron chi connectivity index (χ3n) is 2.66. The molecule has 0 fully saturated rings. The van der Waals surface area contributed by atoms with Crippen LogP contribution in [0.25, 0.3) is 0 Å². The van der Waals surface area contributed by atoms with E-state index in [-0.39, 0.29) is 11.5 Å². The van der Waals surface area contributed by atoms with Gasteiger partial charge in [-0.1, -0.05) is 23.8 Å². The molecule has 1 aromatic carbocycles. The highest BCUT2D eigenvalue weighted by Gasteiger charge is 2.14. The summed E-state index contributed by atoms with van der Waals surface area (Å²) in [4.78, 5) is 4.15. The van der Waals surface area contributed by atoms with Gasteiger partial charge >= 0.3 is 0 Å². The van der Waals surface area contributed by atoms with Gasteiger partial charge in [0.1, 0.15) is 0 Å². The highest BCUT2D eigenvalue weighted by Crippen LogP contribution is 2.13. The first-order valence-corrected chi connectivity index (χ1v) is 7.34. The molecule has 0 radical (unpaired) electrons. The molecule has 0 unspecified atom stereocenters. The maximum atomic E-state index is 11.9. The van der Waals surface area contributed by atoms with E-state index in [0.29, 0.717) is 6.42 Å². The highest BCUT2D eigenvalue weighted by molar-refractivity contribution is 7.86. The third-order valence-corrected chi connectivity index (χ3v) is 3.99. The standard InChI is InChI=1S/C14H15NO3S/c1-12-4-6-14(7-5-12)19(16,17)18-10-8-13-3-2-9-15-11-13/h2-7,9,11H,8,10H2,1H3. The molecule has 0 N–H and O–H groups in total. The Morgan fingerprint density at radius 2 is 1.89 bits per heavy atom. The van der Waals surface area contributed by atoms with E-state index in [4.69, 9.17) is 4.18 Å². The molecule has 4 nitrogen and oxygen atoms in total. The topological polar surface area (TPSA) is 56.3 Å². The fourth-order valence-electron chi connectivity index (χ4n) is 1.59. The zero-order valence-corrected chi connectivity index (χ0v) is 11.4. The van der Waals surface area contributed by atoms with Crippen molar-refractivity contribution in [2.75, 3.05) is 6.61 Å². The van der Waals surface area contributed by atoms with Crippen LogP contribution < -0.4 is 0 Å². The lowest BCUT2D eigenvalue weighted by Gasteiger charge is -2.06. The molecule has 0 aliphatic rings. The molecule has 0 bridgehead atoms. The quantitative estimate of drug-likeness (QED) is 0.787. The van der Waals surface area contributed by atoms with E-state index in [1.807, 2.05) is 19.1 Å². The van der Waals surface area contributed by atoms with Crippen molar-refractivity contribution < 1.29 is 12.6 Å². The van der Waals surface area contributed by atoms with Gasteiger partial charge < -0.3 is 0 Å². The average molecular weight is 277 g/mol. The van der Waals surface area contributed by atoms with E-state index >= 15 is 0 Å². The Hall–Kier alpha value is -1.72. The van der Waals surface area contributed by atoms with Crippen LogP contribution in [0.15, 0.2) is 53.7 Å². The lowest BCUT2D eigenvalue weighted by atomic mass is 10.2. The molecule has 0 saturated heterocycles. The van der Waals surface area contributed by atoms with E-state index in [1.54, 1.807) is 36.7 Å². The van der Waals surface area contributed by atoms with Gasteiger partial charge in [-0.15, -0.1) is 0 Å². The summed E-state index contributed by atoms with van der Waals surface area (Å²) >= 11 is 0. The Balaban J connectivity index is 1.97. The van der Waals surface area contributed by atoms with Gasteiger partial charge in [0, 0.05) is 12.4 Å². The summed E-state index contributed by atoms with van der Waals surface area (Å²) in [6.07, 6.45) is 3.88. The maximum Gasteiger partial charge on any atom is 0.296 e. The van der Waals surface area contributed by atoms with Gasteiger partial charge in [0.2, 0.25) is 0 Å². The van der Waals surface area contributed by atoms with Crippen LogP contribution in [0.1, 0.15) is 11.1 Å². The van der Waals surface area contributed by atoms with E-state index in [9.17, 15) is 8.42 Å². The second-order valence-electron chi connectivity index (χ2n) is 4.20. The molecule has 100 valence electrons. The number of hydrogen-bond acceptors (Lipinski definition) is 4. The fourth-order valence-corrected chi connectivity index (χ4v) is 2.50. The fraction of sp³-hybridized carbons (Fsp3) is 0.214. The molecule has 0 aliphatic heterocycles. The minimum Gasteiger partial charge on any atom is -0.266 e. The predicted molar refractivity (Wildman–Crippen MR) is 72.3 cm³/mol. The maximum absolute atomic E-state index is 11.9. The van der Waals surface area contributed by atoms with Crippen LogP contribution in [0.5, 0.6) is 0 Å². The van der Waals surface area contributed by atoms with Crippen LogP contribution in [-0.2, 0) is 20.7 Å². The van der Waals surface area contributed by atoms with Gasteiger partial charge in [-0.25, -0.2) is 0 Å². The zero-order chi connectivity index (χ0) is 13.7.